The monoisotopic (exact) mass is 215 g/mol. The molecule has 0 saturated heterocycles. The lowest BCUT2D eigenvalue weighted by atomic mass is 9.81. The van der Waals surface area contributed by atoms with E-state index < -0.39 is 0 Å². The van der Waals surface area contributed by atoms with Crippen molar-refractivity contribution in [2.75, 3.05) is 0 Å². The second kappa shape index (κ2) is 3.89. The first-order valence-electron chi connectivity index (χ1n) is 6.60. The quantitative estimate of drug-likeness (QED) is 0.794. The van der Waals surface area contributed by atoms with Crippen molar-refractivity contribution in [3.05, 3.63) is 35.4 Å². The van der Waals surface area contributed by atoms with Gasteiger partial charge in [-0.2, -0.15) is 0 Å². The highest BCUT2D eigenvalue weighted by Gasteiger charge is 2.35. The van der Waals surface area contributed by atoms with E-state index in [1.807, 2.05) is 0 Å². The molecule has 16 heavy (non-hydrogen) atoms. The third kappa shape index (κ3) is 1.78. The number of fused-ring (bicyclic) bond motifs is 1. The number of benzene rings is 1. The zero-order valence-electron chi connectivity index (χ0n) is 10.2. The minimum Gasteiger partial charge on any atom is -0.307 e. The lowest BCUT2D eigenvalue weighted by Crippen LogP contribution is -2.28. The molecule has 0 aromatic heterocycles. The maximum Gasteiger partial charge on any atom is 0.0325 e. The van der Waals surface area contributed by atoms with Gasteiger partial charge in [0, 0.05) is 12.1 Å². The topological polar surface area (TPSA) is 12.0 Å². The molecule has 86 valence electrons. The Bertz CT molecular complexity index is 385. The molecule has 3 rings (SSSR count). The van der Waals surface area contributed by atoms with Crippen molar-refractivity contribution in [3.63, 3.8) is 0 Å². The Morgan fingerprint density at radius 2 is 1.75 bits per heavy atom. The van der Waals surface area contributed by atoms with Gasteiger partial charge in [0.2, 0.25) is 0 Å². The summed E-state index contributed by atoms with van der Waals surface area (Å²) < 4.78 is 0. The first-order chi connectivity index (χ1) is 7.75. The largest absolute Gasteiger partial charge is 0.307 e. The number of hydrogen-bond acceptors (Lipinski definition) is 1. The minimum absolute atomic E-state index is 0.613. The van der Waals surface area contributed by atoms with Gasteiger partial charge in [-0.25, -0.2) is 0 Å². The molecule has 1 heteroatoms. The van der Waals surface area contributed by atoms with Crippen molar-refractivity contribution in [2.45, 2.75) is 51.1 Å². The lowest BCUT2D eigenvalue weighted by Gasteiger charge is -2.30. The van der Waals surface area contributed by atoms with Crippen LogP contribution < -0.4 is 5.32 Å². The van der Waals surface area contributed by atoms with Gasteiger partial charge < -0.3 is 5.32 Å². The van der Waals surface area contributed by atoms with Crippen LogP contribution in [0.5, 0.6) is 0 Å². The number of nitrogens with one attached hydrogen (secondary N) is 1. The van der Waals surface area contributed by atoms with Gasteiger partial charge in [-0.3, -0.25) is 0 Å². The summed E-state index contributed by atoms with van der Waals surface area (Å²) in [5, 5.41) is 3.82. The molecule has 1 N–H and O–H groups in total. The Labute approximate surface area is 98.3 Å². The van der Waals surface area contributed by atoms with Gasteiger partial charge in [-0.05, 0) is 42.2 Å². The third-order valence-corrected chi connectivity index (χ3v) is 4.32. The molecule has 0 heterocycles. The first-order valence-corrected chi connectivity index (χ1v) is 6.60. The second-order valence-electron chi connectivity index (χ2n) is 5.65. The molecule has 0 spiro atoms. The first kappa shape index (κ1) is 10.3. The van der Waals surface area contributed by atoms with Crippen LogP contribution in [0.15, 0.2) is 24.3 Å². The third-order valence-electron chi connectivity index (χ3n) is 4.32. The zero-order valence-corrected chi connectivity index (χ0v) is 10.2. The van der Waals surface area contributed by atoms with E-state index in [9.17, 15) is 0 Å². The summed E-state index contributed by atoms with van der Waals surface area (Å²) in [5.74, 6) is 1.64. The van der Waals surface area contributed by atoms with E-state index in [1.54, 1.807) is 11.1 Å². The van der Waals surface area contributed by atoms with E-state index in [0.717, 1.165) is 17.9 Å². The Kier molecular flexibility index (Phi) is 2.51. The van der Waals surface area contributed by atoms with Gasteiger partial charge >= 0.3 is 0 Å². The van der Waals surface area contributed by atoms with Crippen LogP contribution in [0.3, 0.4) is 0 Å². The van der Waals surface area contributed by atoms with Crippen LogP contribution in [-0.2, 0) is 0 Å². The van der Waals surface area contributed by atoms with Crippen LogP contribution in [-0.4, -0.2) is 6.04 Å². The smallest absolute Gasteiger partial charge is 0.0325 e. The SMILES string of the molecule is CC1CCC(NC2CC2C)c2ccccc21. The van der Waals surface area contributed by atoms with Crippen LogP contribution in [0.2, 0.25) is 0 Å². The molecule has 4 unspecified atom stereocenters. The standard InChI is InChI=1S/C15H21N/c1-10-7-8-14(16-15-9-11(15)2)13-6-4-3-5-12(10)13/h3-6,10-11,14-16H,7-9H2,1-2H3. The van der Waals surface area contributed by atoms with Crippen LogP contribution in [0, 0.1) is 5.92 Å². The van der Waals surface area contributed by atoms with E-state index in [-0.39, 0.29) is 0 Å². The molecule has 1 saturated carbocycles. The number of rotatable bonds is 2. The molecule has 0 radical (unpaired) electrons. The molecule has 1 nitrogen and oxygen atoms in total. The van der Waals surface area contributed by atoms with Gasteiger partial charge in [0.05, 0.1) is 0 Å². The fraction of sp³-hybridized carbons (Fsp3) is 0.600. The summed E-state index contributed by atoms with van der Waals surface area (Å²) in [6.07, 6.45) is 4.01. The Hall–Kier alpha value is -0.820. The second-order valence-corrected chi connectivity index (χ2v) is 5.65. The molecule has 0 amide bonds. The van der Waals surface area contributed by atoms with Crippen molar-refractivity contribution in [1.82, 2.24) is 5.32 Å². The van der Waals surface area contributed by atoms with Gasteiger partial charge in [0.25, 0.3) is 0 Å². The average molecular weight is 215 g/mol. The molecule has 0 bridgehead atoms. The Morgan fingerprint density at radius 3 is 2.44 bits per heavy atom. The summed E-state index contributed by atoms with van der Waals surface area (Å²) in [4.78, 5) is 0. The highest BCUT2D eigenvalue weighted by molar-refractivity contribution is 5.35. The maximum atomic E-state index is 3.82. The van der Waals surface area contributed by atoms with Crippen molar-refractivity contribution in [2.24, 2.45) is 5.92 Å². The van der Waals surface area contributed by atoms with E-state index in [1.165, 1.54) is 19.3 Å². The predicted octanol–water partition coefficient (Wildman–Crippen LogP) is 3.62. The van der Waals surface area contributed by atoms with Gasteiger partial charge in [-0.1, -0.05) is 38.1 Å². The average Bonchev–Trinajstić information content (AvgIpc) is 2.99. The summed E-state index contributed by atoms with van der Waals surface area (Å²) in [6.45, 7) is 4.70. The summed E-state index contributed by atoms with van der Waals surface area (Å²) in [6, 6.07) is 10.4. The maximum absolute atomic E-state index is 3.82. The summed E-state index contributed by atoms with van der Waals surface area (Å²) in [5.41, 5.74) is 3.12. The molecule has 1 aromatic carbocycles. The zero-order chi connectivity index (χ0) is 11.1. The van der Waals surface area contributed by atoms with Gasteiger partial charge in [-0.15, -0.1) is 0 Å². The molecule has 1 aromatic rings. The van der Waals surface area contributed by atoms with E-state index in [2.05, 4.69) is 43.4 Å². The van der Waals surface area contributed by atoms with Gasteiger partial charge in [0.1, 0.15) is 0 Å². The van der Waals surface area contributed by atoms with Crippen molar-refractivity contribution < 1.29 is 0 Å². The molecular formula is C15H21N. The molecule has 2 aliphatic carbocycles. The number of hydrogen-bond donors (Lipinski definition) is 1. The highest BCUT2D eigenvalue weighted by Crippen LogP contribution is 2.40. The molecule has 2 aliphatic rings. The highest BCUT2D eigenvalue weighted by atomic mass is 15.0. The van der Waals surface area contributed by atoms with Gasteiger partial charge in [0.15, 0.2) is 0 Å². The van der Waals surface area contributed by atoms with Crippen LogP contribution in [0.4, 0.5) is 0 Å². The van der Waals surface area contributed by atoms with Crippen molar-refractivity contribution in [1.29, 1.82) is 0 Å². The van der Waals surface area contributed by atoms with Crippen LogP contribution in [0.1, 0.15) is 56.2 Å². The van der Waals surface area contributed by atoms with E-state index in [4.69, 9.17) is 0 Å². The predicted molar refractivity (Wildman–Crippen MR) is 67.5 cm³/mol. The molecule has 0 aliphatic heterocycles. The summed E-state index contributed by atoms with van der Waals surface area (Å²) in [7, 11) is 0. The van der Waals surface area contributed by atoms with E-state index >= 15 is 0 Å². The fourth-order valence-corrected chi connectivity index (χ4v) is 2.99. The minimum atomic E-state index is 0.613. The Balaban J connectivity index is 1.83. The normalized spacial score (nSPS) is 36.9. The Morgan fingerprint density at radius 1 is 1.06 bits per heavy atom. The molecule has 1 fully saturated rings. The van der Waals surface area contributed by atoms with Crippen LogP contribution in [0.25, 0.3) is 0 Å². The molecular weight excluding hydrogens is 194 g/mol. The molecule has 4 atom stereocenters. The van der Waals surface area contributed by atoms with Crippen molar-refractivity contribution >= 4 is 0 Å². The fourth-order valence-electron chi connectivity index (χ4n) is 2.99. The summed E-state index contributed by atoms with van der Waals surface area (Å²) >= 11 is 0. The lowest BCUT2D eigenvalue weighted by molar-refractivity contribution is 0.423. The van der Waals surface area contributed by atoms with Crippen molar-refractivity contribution in [3.8, 4) is 0 Å². The van der Waals surface area contributed by atoms with Crippen LogP contribution >= 0.6 is 0 Å². The van der Waals surface area contributed by atoms with E-state index in [0.29, 0.717) is 6.04 Å².